The first-order valence-corrected chi connectivity index (χ1v) is 8.83. The second kappa shape index (κ2) is 7.22. The van der Waals surface area contributed by atoms with Crippen molar-refractivity contribution >= 4 is 21.5 Å². The number of Topliss-reactive ketones (excluding diaryl/α,β-unsaturated/α-hetero) is 1. The van der Waals surface area contributed by atoms with E-state index >= 15 is 0 Å². The van der Waals surface area contributed by atoms with E-state index in [1.165, 1.54) is 0 Å². The van der Waals surface area contributed by atoms with Crippen molar-refractivity contribution in [3.63, 3.8) is 0 Å². The highest BCUT2D eigenvalue weighted by Gasteiger charge is 2.12. The van der Waals surface area contributed by atoms with Crippen LogP contribution in [0.4, 0.5) is 5.69 Å². The highest BCUT2D eigenvalue weighted by atomic mass is 32.2. The third-order valence-electron chi connectivity index (χ3n) is 3.16. The standard InChI is InChI=1S/C17H19NO3S/c1-2-6-17(19)15-9-11-16(12-10-15)18-22(20,21)13-14-7-4-3-5-8-14/h3-5,7-12,18H,2,6,13H2,1H3. The summed E-state index contributed by atoms with van der Waals surface area (Å²) in [5.41, 5.74) is 1.79. The summed E-state index contributed by atoms with van der Waals surface area (Å²) >= 11 is 0. The molecule has 22 heavy (non-hydrogen) atoms. The van der Waals surface area contributed by atoms with E-state index in [1.54, 1.807) is 48.5 Å². The maximum absolute atomic E-state index is 12.1. The molecule has 4 nitrogen and oxygen atoms in total. The van der Waals surface area contributed by atoms with Gasteiger partial charge in [0.15, 0.2) is 5.78 Å². The van der Waals surface area contributed by atoms with Gasteiger partial charge in [0.2, 0.25) is 10.0 Å². The number of sulfonamides is 1. The van der Waals surface area contributed by atoms with E-state index in [2.05, 4.69) is 4.72 Å². The van der Waals surface area contributed by atoms with Crippen molar-refractivity contribution in [1.82, 2.24) is 0 Å². The Hall–Kier alpha value is -2.14. The Morgan fingerprint density at radius 1 is 1.00 bits per heavy atom. The molecule has 0 aliphatic carbocycles. The van der Waals surface area contributed by atoms with Crippen molar-refractivity contribution in [3.8, 4) is 0 Å². The molecule has 0 radical (unpaired) electrons. The van der Waals surface area contributed by atoms with E-state index in [-0.39, 0.29) is 11.5 Å². The van der Waals surface area contributed by atoms with Gasteiger partial charge in [-0.1, -0.05) is 37.3 Å². The van der Waals surface area contributed by atoms with Crippen LogP contribution in [0.1, 0.15) is 35.7 Å². The van der Waals surface area contributed by atoms with Crippen LogP contribution in [-0.2, 0) is 15.8 Å². The van der Waals surface area contributed by atoms with E-state index in [4.69, 9.17) is 0 Å². The van der Waals surface area contributed by atoms with Crippen LogP contribution in [0.3, 0.4) is 0 Å². The third-order valence-corrected chi connectivity index (χ3v) is 4.42. The summed E-state index contributed by atoms with van der Waals surface area (Å²) in [7, 11) is -3.47. The van der Waals surface area contributed by atoms with Gasteiger partial charge in [0.1, 0.15) is 0 Å². The second-order valence-corrected chi connectivity index (χ2v) is 6.82. The van der Waals surface area contributed by atoms with Crippen LogP contribution in [0, 0.1) is 0 Å². The minimum atomic E-state index is -3.47. The lowest BCUT2D eigenvalue weighted by Gasteiger charge is -2.08. The number of anilines is 1. The SMILES string of the molecule is CCCC(=O)c1ccc(NS(=O)(=O)Cc2ccccc2)cc1. The van der Waals surface area contributed by atoms with Crippen LogP contribution in [-0.4, -0.2) is 14.2 Å². The van der Waals surface area contributed by atoms with Crippen LogP contribution in [0.25, 0.3) is 0 Å². The summed E-state index contributed by atoms with van der Waals surface area (Å²) in [5, 5.41) is 0. The van der Waals surface area contributed by atoms with Gasteiger partial charge >= 0.3 is 0 Å². The lowest BCUT2D eigenvalue weighted by molar-refractivity contribution is 0.0982. The highest BCUT2D eigenvalue weighted by Crippen LogP contribution is 2.15. The average Bonchev–Trinajstić information content (AvgIpc) is 2.48. The molecule has 0 aromatic heterocycles. The summed E-state index contributed by atoms with van der Waals surface area (Å²) in [6.45, 7) is 1.95. The fourth-order valence-corrected chi connectivity index (χ4v) is 3.30. The second-order valence-electron chi connectivity index (χ2n) is 5.10. The van der Waals surface area contributed by atoms with E-state index in [9.17, 15) is 13.2 Å². The fraction of sp³-hybridized carbons (Fsp3) is 0.235. The third kappa shape index (κ3) is 4.70. The van der Waals surface area contributed by atoms with Gasteiger partial charge in [-0.25, -0.2) is 8.42 Å². The van der Waals surface area contributed by atoms with Crippen molar-refractivity contribution < 1.29 is 13.2 Å². The maximum atomic E-state index is 12.1. The lowest BCUT2D eigenvalue weighted by Crippen LogP contribution is -2.15. The summed E-state index contributed by atoms with van der Waals surface area (Å²) < 4.78 is 26.8. The minimum absolute atomic E-state index is 0.0705. The molecule has 0 unspecified atom stereocenters. The molecule has 0 aliphatic rings. The van der Waals surface area contributed by atoms with E-state index < -0.39 is 10.0 Å². The zero-order valence-electron chi connectivity index (χ0n) is 12.5. The Morgan fingerprint density at radius 3 is 2.23 bits per heavy atom. The van der Waals surface area contributed by atoms with E-state index in [0.717, 1.165) is 12.0 Å². The smallest absolute Gasteiger partial charge is 0.236 e. The molecular formula is C17H19NO3S. The predicted octanol–water partition coefficient (Wildman–Crippen LogP) is 3.61. The molecule has 0 atom stereocenters. The van der Waals surface area contributed by atoms with E-state index in [0.29, 0.717) is 17.7 Å². The summed E-state index contributed by atoms with van der Waals surface area (Å²) in [4.78, 5) is 11.7. The van der Waals surface area contributed by atoms with Crippen molar-refractivity contribution in [1.29, 1.82) is 0 Å². The van der Waals surface area contributed by atoms with Crippen LogP contribution in [0.5, 0.6) is 0 Å². The van der Waals surface area contributed by atoms with Gasteiger partial charge < -0.3 is 0 Å². The zero-order valence-corrected chi connectivity index (χ0v) is 13.3. The predicted molar refractivity (Wildman–Crippen MR) is 88.4 cm³/mol. The molecule has 0 bridgehead atoms. The van der Waals surface area contributed by atoms with Gasteiger partial charge in [-0.3, -0.25) is 9.52 Å². The maximum Gasteiger partial charge on any atom is 0.236 e. The molecule has 0 heterocycles. The van der Waals surface area contributed by atoms with Gasteiger partial charge in [0.05, 0.1) is 5.75 Å². The van der Waals surface area contributed by atoms with Crippen LogP contribution >= 0.6 is 0 Å². The zero-order chi connectivity index (χ0) is 16.0. The normalized spacial score (nSPS) is 11.1. The van der Waals surface area contributed by atoms with Gasteiger partial charge in [-0.05, 0) is 36.2 Å². The number of carbonyl (C=O) groups is 1. The molecular weight excluding hydrogens is 298 g/mol. The molecule has 0 spiro atoms. The van der Waals surface area contributed by atoms with Gasteiger partial charge in [-0.15, -0.1) is 0 Å². The first-order chi connectivity index (χ1) is 10.5. The molecule has 0 saturated heterocycles. The van der Waals surface area contributed by atoms with Crippen molar-refractivity contribution in [2.75, 3.05) is 4.72 Å². The number of hydrogen-bond acceptors (Lipinski definition) is 3. The summed E-state index contributed by atoms with van der Waals surface area (Å²) in [5.74, 6) is -0.00846. The molecule has 0 amide bonds. The largest absolute Gasteiger partial charge is 0.294 e. The van der Waals surface area contributed by atoms with Gasteiger partial charge in [0.25, 0.3) is 0 Å². The molecule has 2 aromatic rings. The number of hydrogen-bond donors (Lipinski definition) is 1. The van der Waals surface area contributed by atoms with Crippen LogP contribution in [0.15, 0.2) is 54.6 Å². The first-order valence-electron chi connectivity index (χ1n) is 7.18. The molecule has 116 valence electrons. The Bertz CT molecular complexity index is 722. The van der Waals surface area contributed by atoms with Crippen molar-refractivity contribution in [2.24, 2.45) is 0 Å². The van der Waals surface area contributed by atoms with Crippen LogP contribution < -0.4 is 4.72 Å². The van der Waals surface area contributed by atoms with Crippen molar-refractivity contribution in [2.45, 2.75) is 25.5 Å². The Morgan fingerprint density at radius 2 is 1.64 bits per heavy atom. The quantitative estimate of drug-likeness (QED) is 0.793. The van der Waals surface area contributed by atoms with Crippen LogP contribution in [0.2, 0.25) is 0 Å². The summed E-state index contributed by atoms with van der Waals surface area (Å²) in [6, 6.07) is 15.5. The Kier molecular flexibility index (Phi) is 5.33. The average molecular weight is 317 g/mol. The molecule has 2 rings (SSSR count). The highest BCUT2D eigenvalue weighted by molar-refractivity contribution is 7.91. The van der Waals surface area contributed by atoms with Gasteiger partial charge in [0, 0.05) is 17.7 Å². The molecule has 0 saturated carbocycles. The fourth-order valence-electron chi connectivity index (χ4n) is 2.10. The number of nitrogens with one attached hydrogen (secondary N) is 1. The number of rotatable bonds is 7. The molecule has 2 aromatic carbocycles. The lowest BCUT2D eigenvalue weighted by atomic mass is 10.1. The summed E-state index contributed by atoms with van der Waals surface area (Å²) in [6.07, 6.45) is 1.30. The number of carbonyl (C=O) groups excluding carboxylic acids is 1. The number of ketones is 1. The molecule has 0 fully saturated rings. The Balaban J connectivity index is 2.05. The Labute approximate surface area is 131 Å². The monoisotopic (exact) mass is 317 g/mol. The topological polar surface area (TPSA) is 63.2 Å². The number of benzene rings is 2. The van der Waals surface area contributed by atoms with E-state index in [1.807, 2.05) is 13.0 Å². The minimum Gasteiger partial charge on any atom is -0.294 e. The first kappa shape index (κ1) is 16.2. The molecule has 0 aliphatic heterocycles. The molecule has 1 N–H and O–H groups in total. The van der Waals surface area contributed by atoms with Gasteiger partial charge in [-0.2, -0.15) is 0 Å². The molecule has 5 heteroatoms. The van der Waals surface area contributed by atoms with Crippen molar-refractivity contribution in [3.05, 3.63) is 65.7 Å².